The van der Waals surface area contributed by atoms with Crippen LogP contribution in [-0.2, 0) is 95.8 Å². The molecule has 0 aromatic heterocycles. The van der Waals surface area contributed by atoms with E-state index in [-0.39, 0.29) is 26.4 Å². The van der Waals surface area contributed by atoms with Crippen molar-refractivity contribution < 1.29 is 80.8 Å². The zero-order valence-electron chi connectivity index (χ0n) is 40.1. The van der Waals surface area contributed by atoms with Crippen LogP contribution in [0.15, 0.2) is 101 Å². The Morgan fingerprint density at radius 3 is 1.71 bits per heavy atom. The van der Waals surface area contributed by atoms with Gasteiger partial charge in [0.2, 0.25) is 0 Å². The van der Waals surface area contributed by atoms with Crippen molar-refractivity contribution in [1.29, 1.82) is 0 Å². The molecule has 0 radical (unpaired) electrons. The number of carbonyl (C=O) groups is 5. The Balaban J connectivity index is 1.29. The predicted molar refractivity (Wildman–Crippen MR) is 252 cm³/mol. The molecule has 4 saturated heterocycles. The number of carbonyl (C=O) groups excluding carboxylic acids is 5. The Morgan fingerprint density at radius 2 is 1.15 bits per heavy atom. The van der Waals surface area contributed by atoms with Gasteiger partial charge in [-0.2, -0.15) is 0 Å². The Morgan fingerprint density at radius 1 is 0.616 bits per heavy atom. The maximum atomic E-state index is 13.8. The lowest BCUT2D eigenvalue weighted by molar-refractivity contribution is -0.293. The fourth-order valence-electron chi connectivity index (χ4n) is 8.68. The van der Waals surface area contributed by atoms with Crippen LogP contribution in [0.3, 0.4) is 0 Å². The second-order valence-corrected chi connectivity index (χ2v) is 18.3. The molecule has 0 unspecified atom stereocenters. The largest absolute Gasteiger partial charge is 0.463 e. The van der Waals surface area contributed by atoms with Crippen LogP contribution in [0.25, 0.3) is 20.9 Å². The highest BCUT2D eigenvalue weighted by Crippen LogP contribution is 2.43. The number of alkyl carbamates (subject to hydrolysis) is 1. The van der Waals surface area contributed by atoms with E-state index in [9.17, 15) is 35.0 Å². The third kappa shape index (κ3) is 14.8. The molecule has 390 valence electrons. The van der Waals surface area contributed by atoms with Gasteiger partial charge in [0.05, 0.1) is 31.2 Å². The topological polar surface area (TPSA) is 306 Å². The first-order valence-electron chi connectivity index (χ1n) is 23.2. The van der Waals surface area contributed by atoms with Crippen molar-refractivity contribution in [3.63, 3.8) is 0 Å². The number of benzene rings is 3. The van der Waals surface area contributed by atoms with Gasteiger partial charge in [-0.05, 0) is 27.8 Å². The fourth-order valence-corrected chi connectivity index (χ4v) is 10.3. The van der Waals surface area contributed by atoms with Gasteiger partial charge >= 0.3 is 30.0 Å². The number of esters is 4. The third-order valence-corrected chi connectivity index (χ3v) is 13.4. The lowest BCUT2D eigenvalue weighted by Crippen LogP contribution is -2.67. The van der Waals surface area contributed by atoms with E-state index in [1.807, 2.05) is 36.4 Å². The molecule has 1 N–H and O–H groups in total. The number of nitrogens with one attached hydrogen (secondary N) is 1. The summed E-state index contributed by atoms with van der Waals surface area (Å²) in [7, 11) is 0. The number of rotatable bonds is 21. The van der Waals surface area contributed by atoms with Crippen molar-refractivity contribution in [3.05, 3.63) is 129 Å². The van der Waals surface area contributed by atoms with Gasteiger partial charge < -0.3 is 62.2 Å². The van der Waals surface area contributed by atoms with Crippen LogP contribution in [0, 0.1) is 0 Å². The summed E-state index contributed by atoms with van der Waals surface area (Å²) in [6.45, 7) is 3.38. The minimum Gasteiger partial charge on any atom is -0.463 e. The van der Waals surface area contributed by atoms with Gasteiger partial charge in [-0.25, -0.2) is 4.79 Å². The summed E-state index contributed by atoms with van der Waals surface area (Å²) in [5, 5.41) is 9.79. The molecule has 0 saturated carbocycles. The average Bonchev–Trinajstić information content (AvgIpc) is 3.81. The van der Waals surface area contributed by atoms with Gasteiger partial charge in [-0.1, -0.05) is 101 Å². The Kier molecular flexibility index (Phi) is 19.7. The number of amides is 1. The summed E-state index contributed by atoms with van der Waals surface area (Å²) >= 11 is 0.932. The van der Waals surface area contributed by atoms with Gasteiger partial charge in [-0.15, -0.1) is 11.8 Å². The molecule has 7 rings (SSSR count). The van der Waals surface area contributed by atoms with Crippen molar-refractivity contribution in [1.82, 2.24) is 5.32 Å². The molecule has 25 heteroatoms. The molecule has 3 aromatic rings. The molecule has 4 heterocycles. The maximum Gasteiger partial charge on any atom is 0.407 e. The summed E-state index contributed by atoms with van der Waals surface area (Å²) < 4.78 is 73.5. The predicted octanol–water partition coefficient (Wildman–Crippen LogP) is 5.49. The van der Waals surface area contributed by atoms with Crippen LogP contribution in [-0.4, -0.2) is 140 Å². The average molecular weight is 1030 g/mol. The van der Waals surface area contributed by atoms with Crippen LogP contribution in [0.2, 0.25) is 0 Å². The van der Waals surface area contributed by atoms with E-state index in [1.165, 1.54) is 6.92 Å². The highest BCUT2D eigenvalue weighted by Gasteiger charge is 2.58. The molecule has 24 nitrogen and oxygen atoms in total. The molecule has 0 aliphatic carbocycles. The van der Waals surface area contributed by atoms with Crippen LogP contribution in [0.1, 0.15) is 44.4 Å². The standard InChI is InChI=1S/C48H55N7O17S/c1-26(56)61-23-34-40(67-28(3)58)42(68-29(4)59)38(51-48(60)66-22-32-18-12-7-13-19-32)47(71-34)73-44-35(25-62-27(2)57)70-46(37(53-55-50)43(44)64-21-31-16-10-6-11-17-31)72-39-33-24-65-45(69-33)36(52-54-49)41(39)63-20-30-14-8-5-9-15-30/h5-19,33-47H,20-25H2,1-4H3,(H,51,60)/t33-,34-,35-,36-,37-,38-,39-,40-,41-,42-,43-,44-,45-,46-,47+/m1/s1. The first kappa shape index (κ1) is 54.3. The second-order valence-electron chi connectivity index (χ2n) is 17.1. The fraction of sp³-hybridized carbons (Fsp3) is 0.521. The van der Waals surface area contributed by atoms with Crippen molar-refractivity contribution in [3.8, 4) is 0 Å². The second kappa shape index (κ2) is 26.5. The van der Waals surface area contributed by atoms with Crippen molar-refractivity contribution in [2.75, 3.05) is 19.8 Å². The van der Waals surface area contributed by atoms with E-state index in [0.717, 1.165) is 38.1 Å². The Labute approximate surface area is 423 Å². The maximum absolute atomic E-state index is 13.8. The SMILES string of the molecule is CC(=O)OC[C@H]1O[C@@H](S[C@H]2[C@H](OCc3ccccc3)[C@@H](N=[N+]=[N-])[C@@H](O[C@H]3[C@H](OCc4ccccc4)[C@@H](N=[N+]=[N-])[C@@H]4OC[C@H]3O4)O[C@@H]2COC(C)=O)[C@H](NC(=O)OCc2ccccc2)[C@@H](OC(C)=O)[C@@H]1OC(C)=O. The van der Waals surface area contributed by atoms with Crippen LogP contribution < -0.4 is 5.32 Å². The van der Waals surface area contributed by atoms with Crippen LogP contribution in [0.5, 0.6) is 0 Å². The van der Waals surface area contributed by atoms with E-state index in [4.69, 9.17) is 56.8 Å². The molecular formula is C48H55N7O17S. The summed E-state index contributed by atoms with van der Waals surface area (Å²) in [6.07, 6.45) is -13.3. The number of ether oxygens (including phenoxy) is 12. The van der Waals surface area contributed by atoms with Gasteiger partial charge in [-0.3, -0.25) is 19.2 Å². The number of fused-ring (bicyclic) bond motifs is 2. The van der Waals surface area contributed by atoms with Gasteiger partial charge in [0, 0.05) is 37.5 Å². The summed E-state index contributed by atoms with van der Waals surface area (Å²) in [5.41, 5.74) is 20.7. The molecule has 4 fully saturated rings. The van der Waals surface area contributed by atoms with E-state index >= 15 is 0 Å². The highest BCUT2D eigenvalue weighted by atomic mass is 32.2. The van der Waals surface area contributed by atoms with Crippen LogP contribution >= 0.6 is 11.8 Å². The van der Waals surface area contributed by atoms with E-state index in [2.05, 4.69) is 25.4 Å². The zero-order chi connectivity index (χ0) is 51.9. The van der Waals surface area contributed by atoms with Gasteiger partial charge in [0.25, 0.3) is 0 Å². The number of hydrogen-bond acceptors (Lipinski definition) is 20. The molecule has 3 aromatic carbocycles. The van der Waals surface area contributed by atoms with E-state index in [0.29, 0.717) is 11.1 Å². The molecule has 0 spiro atoms. The molecular weight excluding hydrogens is 979 g/mol. The molecule has 1 amide bonds. The van der Waals surface area contributed by atoms with Crippen molar-refractivity contribution in [2.24, 2.45) is 10.2 Å². The Bertz CT molecular complexity index is 2440. The first-order chi connectivity index (χ1) is 35.3. The summed E-state index contributed by atoms with van der Waals surface area (Å²) in [5.74, 6) is -3.08. The molecule has 73 heavy (non-hydrogen) atoms. The molecule has 2 bridgehead atoms. The normalized spacial score (nSPS) is 30.3. The van der Waals surface area contributed by atoms with Crippen LogP contribution in [0.4, 0.5) is 4.79 Å². The Hall–Kier alpha value is -6.50. The minimum absolute atomic E-state index is 0.00624. The lowest BCUT2D eigenvalue weighted by atomic mass is 9.96. The van der Waals surface area contributed by atoms with E-state index in [1.54, 1.807) is 54.6 Å². The number of hydrogen-bond donors (Lipinski definition) is 1. The van der Waals surface area contributed by atoms with Gasteiger partial charge in [0.1, 0.15) is 73.9 Å². The first-order valence-corrected chi connectivity index (χ1v) is 24.1. The number of thioether (sulfide) groups is 1. The number of azide groups is 2. The molecule has 4 aliphatic heterocycles. The smallest absolute Gasteiger partial charge is 0.407 e. The van der Waals surface area contributed by atoms with Crippen molar-refractivity contribution in [2.45, 2.75) is 138 Å². The minimum atomic E-state index is -1.53. The molecule has 4 aliphatic rings. The summed E-state index contributed by atoms with van der Waals surface area (Å²) in [6, 6.07) is 23.2. The zero-order valence-corrected chi connectivity index (χ0v) is 40.9. The van der Waals surface area contributed by atoms with Crippen molar-refractivity contribution >= 4 is 41.7 Å². The third-order valence-electron chi connectivity index (χ3n) is 11.8. The summed E-state index contributed by atoms with van der Waals surface area (Å²) in [4.78, 5) is 70.6. The quantitative estimate of drug-likeness (QED) is 0.0453. The lowest BCUT2D eigenvalue weighted by Gasteiger charge is -2.50. The highest BCUT2D eigenvalue weighted by molar-refractivity contribution is 8.00. The van der Waals surface area contributed by atoms with E-state index < -0.39 is 133 Å². The monoisotopic (exact) mass is 1030 g/mol. The van der Waals surface area contributed by atoms with Gasteiger partial charge in [0.15, 0.2) is 24.8 Å². The number of nitrogens with zero attached hydrogens (tertiary/aromatic N) is 6. The molecule has 15 atom stereocenters.